The van der Waals surface area contributed by atoms with Crippen molar-refractivity contribution in [1.82, 2.24) is 4.90 Å². The number of carbonyl (C=O) groups is 1. The van der Waals surface area contributed by atoms with Crippen molar-refractivity contribution in [2.75, 3.05) is 14.1 Å². The number of esters is 1. The number of nitrogens with zero attached hydrogens (tertiary/aromatic N) is 1. The van der Waals surface area contributed by atoms with Crippen molar-refractivity contribution in [2.24, 2.45) is 0 Å². The van der Waals surface area contributed by atoms with Gasteiger partial charge in [0, 0.05) is 20.3 Å². The molecule has 0 radical (unpaired) electrons. The fraction of sp³-hybridized carbons (Fsp3) is 0.357. The molecule has 0 heterocycles. The van der Waals surface area contributed by atoms with Gasteiger partial charge in [0.2, 0.25) is 0 Å². The van der Waals surface area contributed by atoms with Crippen LogP contribution >= 0.6 is 12.4 Å². The highest BCUT2D eigenvalue weighted by Gasteiger charge is 2.09. The third-order valence-electron chi connectivity index (χ3n) is 2.27. The number of benzene rings is 1. The molecule has 18 heavy (non-hydrogen) atoms. The second kappa shape index (κ2) is 8.59. The van der Waals surface area contributed by atoms with Gasteiger partial charge in [0.1, 0.15) is 6.61 Å². The minimum atomic E-state index is -0.245. The first-order valence-electron chi connectivity index (χ1n) is 5.71. The fourth-order valence-electron chi connectivity index (χ4n) is 1.42. The molecule has 0 aromatic heterocycles. The molecule has 0 aliphatic heterocycles. The fourth-order valence-corrected chi connectivity index (χ4v) is 1.42. The second-order valence-corrected chi connectivity index (χ2v) is 4.03. The van der Waals surface area contributed by atoms with Gasteiger partial charge < -0.3 is 9.64 Å². The highest BCUT2D eigenvalue weighted by atomic mass is 35.5. The number of rotatable bonds is 5. The van der Waals surface area contributed by atoms with Gasteiger partial charge in [-0.25, -0.2) is 4.79 Å². The molecule has 1 aromatic rings. The van der Waals surface area contributed by atoms with Crippen LogP contribution in [0.4, 0.5) is 0 Å². The van der Waals surface area contributed by atoms with Crippen LogP contribution in [0.25, 0.3) is 0 Å². The first kappa shape index (κ1) is 16.5. The summed E-state index contributed by atoms with van der Waals surface area (Å²) in [4.78, 5) is 13.6. The van der Waals surface area contributed by atoms with E-state index in [4.69, 9.17) is 4.74 Å². The normalized spacial score (nSPS) is 10.5. The minimum Gasteiger partial charge on any atom is -0.457 e. The third-order valence-corrected chi connectivity index (χ3v) is 2.27. The number of halogens is 1. The molecule has 0 N–H and O–H groups in total. The summed E-state index contributed by atoms with van der Waals surface area (Å²) in [6, 6.07) is 9.68. The molecule has 0 atom stereocenters. The topological polar surface area (TPSA) is 29.5 Å². The van der Waals surface area contributed by atoms with E-state index in [0.29, 0.717) is 18.6 Å². The summed E-state index contributed by atoms with van der Waals surface area (Å²) in [5.74, 6) is -0.245. The molecule has 0 fully saturated rings. The van der Waals surface area contributed by atoms with Crippen LogP contribution in [0.5, 0.6) is 0 Å². The van der Waals surface area contributed by atoms with Crippen molar-refractivity contribution in [3.05, 3.63) is 47.7 Å². The smallest absolute Gasteiger partial charge is 0.335 e. The van der Waals surface area contributed by atoms with Crippen LogP contribution < -0.4 is 0 Å². The maximum absolute atomic E-state index is 11.8. The molecule has 0 amide bonds. The lowest BCUT2D eigenvalue weighted by Crippen LogP contribution is -2.12. The molecule has 0 aliphatic carbocycles. The van der Waals surface area contributed by atoms with Crippen LogP contribution in [0.2, 0.25) is 0 Å². The molecule has 0 saturated carbocycles. The summed E-state index contributed by atoms with van der Waals surface area (Å²) in [6.07, 6.45) is 2.47. The Balaban J connectivity index is 0.00000289. The van der Waals surface area contributed by atoms with E-state index in [9.17, 15) is 4.79 Å². The van der Waals surface area contributed by atoms with Crippen LogP contribution in [0, 0.1) is 0 Å². The van der Waals surface area contributed by atoms with E-state index in [1.807, 2.05) is 56.3 Å². The molecule has 100 valence electrons. The van der Waals surface area contributed by atoms with E-state index in [1.165, 1.54) is 0 Å². The SMILES string of the molecule is CCC(=CN(C)C)C(=O)OCc1ccccc1.Cl. The van der Waals surface area contributed by atoms with E-state index in [1.54, 1.807) is 6.20 Å². The van der Waals surface area contributed by atoms with E-state index >= 15 is 0 Å². The molecule has 1 rings (SSSR count). The molecule has 0 aliphatic rings. The van der Waals surface area contributed by atoms with E-state index < -0.39 is 0 Å². The molecule has 0 spiro atoms. The van der Waals surface area contributed by atoms with Crippen molar-refractivity contribution < 1.29 is 9.53 Å². The van der Waals surface area contributed by atoms with Gasteiger partial charge in [0.05, 0.1) is 5.57 Å². The van der Waals surface area contributed by atoms with Crippen LogP contribution in [-0.2, 0) is 16.1 Å². The minimum absolute atomic E-state index is 0. The summed E-state index contributed by atoms with van der Waals surface area (Å²) in [5, 5.41) is 0. The maximum Gasteiger partial charge on any atom is 0.335 e. The van der Waals surface area contributed by atoms with Crippen LogP contribution in [0.1, 0.15) is 18.9 Å². The summed E-state index contributed by atoms with van der Waals surface area (Å²) < 4.78 is 5.25. The van der Waals surface area contributed by atoms with Gasteiger partial charge in [-0.05, 0) is 12.0 Å². The number of ether oxygens (including phenoxy) is 1. The van der Waals surface area contributed by atoms with E-state index in [0.717, 1.165) is 5.56 Å². The lowest BCUT2D eigenvalue weighted by molar-refractivity contribution is -0.140. The molecule has 0 unspecified atom stereocenters. The molecular formula is C14H20ClNO2. The van der Waals surface area contributed by atoms with Gasteiger partial charge in [0.15, 0.2) is 0 Å². The molecule has 3 nitrogen and oxygen atoms in total. The highest BCUT2D eigenvalue weighted by Crippen LogP contribution is 2.07. The number of carbonyl (C=O) groups excluding carboxylic acids is 1. The average Bonchev–Trinajstić information content (AvgIpc) is 2.34. The Morgan fingerprint density at radius 2 is 1.89 bits per heavy atom. The predicted molar refractivity (Wildman–Crippen MR) is 75.5 cm³/mol. The zero-order chi connectivity index (χ0) is 12.7. The molecular weight excluding hydrogens is 250 g/mol. The first-order chi connectivity index (χ1) is 8.13. The van der Waals surface area contributed by atoms with E-state index in [2.05, 4.69) is 0 Å². The standard InChI is InChI=1S/C14H19NO2.ClH/c1-4-13(10-15(2)3)14(16)17-11-12-8-6-5-7-9-12;/h5-10H,4,11H2,1-3H3;1H. The largest absolute Gasteiger partial charge is 0.457 e. The first-order valence-corrected chi connectivity index (χ1v) is 5.71. The predicted octanol–water partition coefficient (Wildman–Crippen LogP) is 3.01. The monoisotopic (exact) mass is 269 g/mol. The Labute approximate surface area is 115 Å². The molecule has 0 bridgehead atoms. The molecule has 4 heteroatoms. The second-order valence-electron chi connectivity index (χ2n) is 4.03. The van der Waals surface area contributed by atoms with Gasteiger partial charge in [-0.3, -0.25) is 0 Å². The van der Waals surface area contributed by atoms with Gasteiger partial charge in [-0.15, -0.1) is 12.4 Å². The Morgan fingerprint density at radius 3 is 2.39 bits per heavy atom. The Kier molecular flexibility index (Phi) is 7.88. The van der Waals surface area contributed by atoms with Crippen LogP contribution in [0.15, 0.2) is 42.1 Å². The average molecular weight is 270 g/mol. The number of hydrogen-bond donors (Lipinski definition) is 0. The van der Waals surface area contributed by atoms with Crippen molar-refractivity contribution >= 4 is 18.4 Å². The lowest BCUT2D eigenvalue weighted by atomic mass is 10.2. The Bertz CT molecular complexity index is 388. The number of hydrogen-bond acceptors (Lipinski definition) is 3. The quantitative estimate of drug-likeness (QED) is 0.608. The third kappa shape index (κ3) is 5.73. The zero-order valence-corrected chi connectivity index (χ0v) is 11.9. The van der Waals surface area contributed by atoms with Gasteiger partial charge in [0.25, 0.3) is 0 Å². The Hall–Kier alpha value is -1.48. The van der Waals surface area contributed by atoms with Gasteiger partial charge >= 0.3 is 5.97 Å². The van der Waals surface area contributed by atoms with Crippen molar-refractivity contribution in [1.29, 1.82) is 0 Å². The van der Waals surface area contributed by atoms with Crippen molar-refractivity contribution in [3.63, 3.8) is 0 Å². The lowest BCUT2D eigenvalue weighted by Gasteiger charge is -2.10. The summed E-state index contributed by atoms with van der Waals surface area (Å²) in [5.41, 5.74) is 1.69. The van der Waals surface area contributed by atoms with Gasteiger partial charge in [-0.1, -0.05) is 37.3 Å². The van der Waals surface area contributed by atoms with Crippen LogP contribution in [0.3, 0.4) is 0 Å². The molecule has 0 saturated heterocycles. The Morgan fingerprint density at radius 1 is 1.28 bits per heavy atom. The summed E-state index contributed by atoms with van der Waals surface area (Å²) in [6.45, 7) is 2.27. The molecule has 1 aromatic carbocycles. The van der Waals surface area contributed by atoms with Crippen molar-refractivity contribution in [2.45, 2.75) is 20.0 Å². The van der Waals surface area contributed by atoms with E-state index in [-0.39, 0.29) is 18.4 Å². The highest BCUT2D eigenvalue weighted by molar-refractivity contribution is 5.88. The maximum atomic E-state index is 11.8. The summed E-state index contributed by atoms with van der Waals surface area (Å²) >= 11 is 0. The van der Waals surface area contributed by atoms with Crippen LogP contribution in [-0.4, -0.2) is 25.0 Å². The van der Waals surface area contributed by atoms with Gasteiger partial charge in [-0.2, -0.15) is 0 Å². The zero-order valence-electron chi connectivity index (χ0n) is 11.1. The summed E-state index contributed by atoms with van der Waals surface area (Å²) in [7, 11) is 3.78. The van der Waals surface area contributed by atoms with Crippen molar-refractivity contribution in [3.8, 4) is 0 Å².